The standard InChI is InChI=1S/C21H16FN3OS/c1-14-20(12-23-25(14)19-7-5-17(22)6-8-19)21(26)24-18-4-2-3-15(11-18)16-9-10-27-13-16/h2-13H,1H3,(H,24,26). The number of thiophene rings is 1. The van der Waals surface area contributed by atoms with Crippen molar-refractivity contribution in [1.29, 1.82) is 0 Å². The summed E-state index contributed by atoms with van der Waals surface area (Å²) in [5.74, 6) is -0.546. The van der Waals surface area contributed by atoms with Crippen molar-refractivity contribution in [3.05, 3.63) is 88.6 Å². The molecule has 0 radical (unpaired) electrons. The van der Waals surface area contributed by atoms with Gasteiger partial charge < -0.3 is 5.32 Å². The van der Waals surface area contributed by atoms with Gasteiger partial charge in [-0.25, -0.2) is 9.07 Å². The first-order valence-corrected chi connectivity index (χ1v) is 9.30. The number of carbonyl (C=O) groups is 1. The molecule has 1 amide bonds. The maximum atomic E-state index is 13.1. The Labute approximate surface area is 159 Å². The highest BCUT2D eigenvalue weighted by Crippen LogP contribution is 2.25. The van der Waals surface area contributed by atoms with E-state index in [1.54, 1.807) is 28.2 Å². The molecule has 4 nitrogen and oxygen atoms in total. The normalized spacial score (nSPS) is 10.7. The lowest BCUT2D eigenvalue weighted by molar-refractivity contribution is 0.102. The van der Waals surface area contributed by atoms with Crippen molar-refractivity contribution < 1.29 is 9.18 Å². The third kappa shape index (κ3) is 3.52. The van der Waals surface area contributed by atoms with Crippen LogP contribution in [0.4, 0.5) is 10.1 Å². The Morgan fingerprint density at radius 2 is 1.93 bits per heavy atom. The minimum atomic E-state index is -0.313. The fourth-order valence-electron chi connectivity index (χ4n) is 2.88. The number of halogens is 1. The fourth-order valence-corrected chi connectivity index (χ4v) is 3.54. The molecule has 134 valence electrons. The van der Waals surface area contributed by atoms with E-state index in [1.165, 1.54) is 18.3 Å². The summed E-state index contributed by atoms with van der Waals surface area (Å²) in [5, 5.41) is 11.3. The molecule has 0 saturated heterocycles. The van der Waals surface area contributed by atoms with Crippen LogP contribution in [0.25, 0.3) is 16.8 Å². The zero-order valence-electron chi connectivity index (χ0n) is 14.5. The molecule has 1 N–H and O–H groups in total. The first-order valence-electron chi connectivity index (χ1n) is 8.36. The monoisotopic (exact) mass is 377 g/mol. The van der Waals surface area contributed by atoms with Gasteiger partial charge in [0.1, 0.15) is 5.82 Å². The molecular formula is C21H16FN3OS. The van der Waals surface area contributed by atoms with Gasteiger partial charge in [-0.05, 0) is 71.3 Å². The number of nitrogens with zero attached hydrogens (tertiary/aromatic N) is 2. The molecule has 0 aliphatic heterocycles. The van der Waals surface area contributed by atoms with E-state index in [9.17, 15) is 9.18 Å². The molecule has 0 atom stereocenters. The van der Waals surface area contributed by atoms with E-state index in [-0.39, 0.29) is 11.7 Å². The Kier molecular flexibility index (Phi) is 4.56. The van der Waals surface area contributed by atoms with Crippen molar-refractivity contribution in [1.82, 2.24) is 9.78 Å². The molecular weight excluding hydrogens is 361 g/mol. The van der Waals surface area contributed by atoms with Gasteiger partial charge in [-0.3, -0.25) is 4.79 Å². The number of hydrogen-bond acceptors (Lipinski definition) is 3. The highest BCUT2D eigenvalue weighted by atomic mass is 32.1. The average molecular weight is 377 g/mol. The molecule has 4 rings (SSSR count). The van der Waals surface area contributed by atoms with E-state index >= 15 is 0 Å². The molecule has 0 aliphatic rings. The summed E-state index contributed by atoms with van der Waals surface area (Å²) >= 11 is 1.63. The lowest BCUT2D eigenvalue weighted by Gasteiger charge is -2.08. The SMILES string of the molecule is Cc1c(C(=O)Nc2cccc(-c3ccsc3)c2)cnn1-c1ccc(F)cc1. The van der Waals surface area contributed by atoms with E-state index in [2.05, 4.69) is 15.8 Å². The van der Waals surface area contributed by atoms with Crippen molar-refractivity contribution >= 4 is 22.9 Å². The molecule has 0 spiro atoms. The van der Waals surface area contributed by atoms with Crippen molar-refractivity contribution in [3.63, 3.8) is 0 Å². The minimum Gasteiger partial charge on any atom is -0.322 e. The molecule has 0 saturated carbocycles. The van der Waals surface area contributed by atoms with Crippen LogP contribution in [-0.4, -0.2) is 15.7 Å². The number of benzene rings is 2. The Bertz CT molecular complexity index is 1090. The Balaban J connectivity index is 1.57. The largest absolute Gasteiger partial charge is 0.322 e. The molecule has 2 aromatic heterocycles. The number of anilines is 1. The Hall–Kier alpha value is -3.25. The molecule has 2 heterocycles. The predicted molar refractivity (Wildman–Crippen MR) is 106 cm³/mol. The lowest BCUT2D eigenvalue weighted by atomic mass is 10.1. The van der Waals surface area contributed by atoms with Crippen LogP contribution in [0.15, 0.2) is 71.6 Å². The number of rotatable bonds is 4. The maximum Gasteiger partial charge on any atom is 0.259 e. The summed E-state index contributed by atoms with van der Waals surface area (Å²) < 4.78 is 14.7. The van der Waals surface area contributed by atoms with Gasteiger partial charge in [0.25, 0.3) is 5.91 Å². The predicted octanol–water partition coefficient (Wildman–Crippen LogP) is 5.30. The van der Waals surface area contributed by atoms with Gasteiger partial charge in [-0.2, -0.15) is 16.4 Å². The molecule has 0 bridgehead atoms. The van der Waals surface area contributed by atoms with E-state index in [1.807, 2.05) is 42.6 Å². The number of amides is 1. The van der Waals surface area contributed by atoms with E-state index < -0.39 is 0 Å². The number of aromatic nitrogens is 2. The van der Waals surface area contributed by atoms with Gasteiger partial charge >= 0.3 is 0 Å². The highest BCUT2D eigenvalue weighted by molar-refractivity contribution is 7.08. The second-order valence-electron chi connectivity index (χ2n) is 6.08. The summed E-state index contributed by atoms with van der Waals surface area (Å²) in [4.78, 5) is 12.7. The van der Waals surface area contributed by atoms with Crippen LogP contribution in [0.5, 0.6) is 0 Å². The molecule has 0 fully saturated rings. The van der Waals surface area contributed by atoms with Gasteiger partial charge in [0.05, 0.1) is 23.1 Å². The molecule has 27 heavy (non-hydrogen) atoms. The van der Waals surface area contributed by atoms with Gasteiger partial charge in [0.2, 0.25) is 0 Å². The third-order valence-electron chi connectivity index (χ3n) is 4.30. The van der Waals surface area contributed by atoms with Crippen molar-refractivity contribution in [3.8, 4) is 16.8 Å². The Morgan fingerprint density at radius 1 is 1.11 bits per heavy atom. The highest BCUT2D eigenvalue weighted by Gasteiger charge is 2.15. The van der Waals surface area contributed by atoms with Crippen molar-refractivity contribution in [2.24, 2.45) is 0 Å². The topological polar surface area (TPSA) is 46.9 Å². The number of hydrogen-bond donors (Lipinski definition) is 1. The average Bonchev–Trinajstić information content (AvgIpc) is 3.33. The zero-order valence-corrected chi connectivity index (χ0v) is 15.3. The summed E-state index contributed by atoms with van der Waals surface area (Å²) in [6.45, 7) is 1.81. The number of nitrogens with one attached hydrogen (secondary N) is 1. The summed E-state index contributed by atoms with van der Waals surface area (Å²) in [6.07, 6.45) is 1.52. The van der Waals surface area contributed by atoms with Crippen LogP contribution in [0.2, 0.25) is 0 Å². The van der Waals surface area contributed by atoms with E-state index in [4.69, 9.17) is 0 Å². The second kappa shape index (κ2) is 7.17. The van der Waals surface area contributed by atoms with Crippen molar-refractivity contribution in [2.45, 2.75) is 6.92 Å². The molecule has 2 aromatic carbocycles. The third-order valence-corrected chi connectivity index (χ3v) is 4.98. The van der Waals surface area contributed by atoms with Crippen LogP contribution in [0, 0.1) is 12.7 Å². The van der Waals surface area contributed by atoms with Crippen LogP contribution < -0.4 is 5.32 Å². The molecule has 0 aliphatic carbocycles. The van der Waals surface area contributed by atoms with Gasteiger partial charge in [-0.1, -0.05) is 12.1 Å². The number of carbonyl (C=O) groups excluding carboxylic acids is 1. The second-order valence-corrected chi connectivity index (χ2v) is 6.86. The van der Waals surface area contributed by atoms with Crippen molar-refractivity contribution in [2.75, 3.05) is 5.32 Å². The first-order chi connectivity index (χ1) is 13.1. The smallest absolute Gasteiger partial charge is 0.259 e. The minimum absolute atomic E-state index is 0.233. The van der Waals surface area contributed by atoms with E-state index in [0.717, 1.165) is 16.8 Å². The quantitative estimate of drug-likeness (QED) is 0.524. The summed E-state index contributed by atoms with van der Waals surface area (Å²) in [7, 11) is 0. The Morgan fingerprint density at radius 3 is 2.67 bits per heavy atom. The molecule has 6 heteroatoms. The van der Waals surface area contributed by atoms with Gasteiger partial charge in [-0.15, -0.1) is 0 Å². The van der Waals surface area contributed by atoms with Crippen LogP contribution in [0.1, 0.15) is 16.1 Å². The van der Waals surface area contributed by atoms with Crippen LogP contribution >= 0.6 is 11.3 Å². The summed E-state index contributed by atoms with van der Waals surface area (Å²) in [5.41, 5.74) is 4.75. The fraction of sp³-hybridized carbons (Fsp3) is 0.0476. The van der Waals surface area contributed by atoms with Crippen LogP contribution in [0.3, 0.4) is 0 Å². The summed E-state index contributed by atoms with van der Waals surface area (Å²) in [6, 6.07) is 15.8. The van der Waals surface area contributed by atoms with E-state index in [0.29, 0.717) is 16.9 Å². The first kappa shape index (κ1) is 17.2. The van der Waals surface area contributed by atoms with Gasteiger partial charge in [0, 0.05) is 5.69 Å². The zero-order chi connectivity index (χ0) is 18.8. The lowest BCUT2D eigenvalue weighted by Crippen LogP contribution is -2.13. The maximum absolute atomic E-state index is 13.1. The van der Waals surface area contributed by atoms with Gasteiger partial charge in [0.15, 0.2) is 0 Å². The van der Waals surface area contributed by atoms with Crippen LogP contribution in [-0.2, 0) is 0 Å². The molecule has 0 unspecified atom stereocenters. The molecule has 4 aromatic rings.